The average Bonchev–Trinajstić information content (AvgIpc) is 2.92. The molecule has 1 aromatic carbocycles. The van der Waals surface area contributed by atoms with Crippen LogP contribution in [0.4, 0.5) is 10.5 Å². The van der Waals surface area contributed by atoms with Gasteiger partial charge < -0.3 is 34.1 Å². The number of hydrogen-bond donors (Lipinski definition) is 3. The van der Waals surface area contributed by atoms with E-state index in [2.05, 4.69) is 12.2 Å². The van der Waals surface area contributed by atoms with Crippen molar-refractivity contribution in [2.75, 3.05) is 52.4 Å². The van der Waals surface area contributed by atoms with E-state index in [9.17, 15) is 19.8 Å². The summed E-state index contributed by atoms with van der Waals surface area (Å²) in [5, 5.41) is 24.5. The first-order valence-corrected chi connectivity index (χ1v) is 13.5. The highest BCUT2D eigenvalue weighted by atomic mass is 16.6. The number of aliphatic hydroxyl groups excluding tert-OH is 2. The van der Waals surface area contributed by atoms with Gasteiger partial charge in [0, 0.05) is 43.1 Å². The fourth-order valence-electron chi connectivity index (χ4n) is 7.07. The van der Waals surface area contributed by atoms with Crippen molar-refractivity contribution in [3.05, 3.63) is 18.2 Å². The SMILES string of the molecule is COc1cc(NC(=O)O[C@@H]2CC[C@]3(C)C(CC[C@@H](O)[C@H]3CC(=O)N3CCOCC3)[C@]2(C)CO)cc(OC)c1. The summed E-state index contributed by atoms with van der Waals surface area (Å²) in [6, 6.07) is 5.05. The lowest BCUT2D eigenvalue weighted by Gasteiger charge is -2.60. The third-order valence-electron chi connectivity index (χ3n) is 9.28. The van der Waals surface area contributed by atoms with Crippen molar-refractivity contribution in [1.82, 2.24) is 4.90 Å². The highest BCUT2D eigenvalue weighted by Crippen LogP contribution is 2.61. The summed E-state index contributed by atoms with van der Waals surface area (Å²) in [6.07, 6.45) is 0.953. The number of amides is 2. The summed E-state index contributed by atoms with van der Waals surface area (Å²) >= 11 is 0. The van der Waals surface area contributed by atoms with Crippen LogP contribution >= 0.6 is 0 Å². The van der Waals surface area contributed by atoms with Crippen molar-refractivity contribution >= 4 is 17.7 Å². The number of nitrogens with one attached hydrogen (secondary N) is 1. The van der Waals surface area contributed by atoms with Crippen LogP contribution in [0.1, 0.15) is 46.0 Å². The molecule has 10 heteroatoms. The zero-order valence-corrected chi connectivity index (χ0v) is 22.9. The molecule has 2 amide bonds. The molecule has 0 aromatic heterocycles. The van der Waals surface area contributed by atoms with Crippen LogP contribution in [0.25, 0.3) is 0 Å². The minimum absolute atomic E-state index is 0.0330. The van der Waals surface area contributed by atoms with Gasteiger partial charge in [-0.1, -0.05) is 13.8 Å². The molecule has 10 nitrogen and oxygen atoms in total. The first kappa shape index (κ1) is 28.4. The van der Waals surface area contributed by atoms with Crippen LogP contribution in [0.3, 0.4) is 0 Å². The summed E-state index contributed by atoms with van der Waals surface area (Å²) < 4.78 is 21.9. The van der Waals surface area contributed by atoms with E-state index in [1.54, 1.807) is 18.2 Å². The number of carbonyl (C=O) groups is 2. The second-order valence-electron chi connectivity index (χ2n) is 11.3. The number of hydrogen-bond acceptors (Lipinski definition) is 8. The Hall–Kier alpha value is -2.56. The van der Waals surface area contributed by atoms with Gasteiger partial charge in [-0.15, -0.1) is 0 Å². The Bertz CT molecular complexity index is 977. The zero-order valence-electron chi connectivity index (χ0n) is 22.9. The van der Waals surface area contributed by atoms with Gasteiger partial charge in [-0.05, 0) is 42.9 Å². The second kappa shape index (κ2) is 11.7. The Labute approximate surface area is 224 Å². The number of aliphatic hydroxyl groups is 2. The highest BCUT2D eigenvalue weighted by Gasteiger charge is 2.60. The summed E-state index contributed by atoms with van der Waals surface area (Å²) in [5.41, 5.74) is -0.634. The Kier molecular flexibility index (Phi) is 8.74. The molecule has 212 valence electrons. The lowest BCUT2D eigenvalue weighted by atomic mass is 9.46. The maximum Gasteiger partial charge on any atom is 0.411 e. The normalized spacial score (nSPS) is 33.2. The van der Waals surface area contributed by atoms with E-state index in [-0.39, 0.29) is 36.2 Å². The molecule has 0 radical (unpaired) electrons. The highest BCUT2D eigenvalue weighted by molar-refractivity contribution is 5.85. The molecular weight excluding hydrogens is 492 g/mol. The summed E-state index contributed by atoms with van der Waals surface area (Å²) in [6.45, 7) is 6.12. The van der Waals surface area contributed by atoms with Gasteiger partial charge in [0.2, 0.25) is 5.91 Å². The van der Waals surface area contributed by atoms with Gasteiger partial charge in [0.15, 0.2) is 0 Å². The van der Waals surface area contributed by atoms with Gasteiger partial charge in [0.05, 0.1) is 45.8 Å². The molecule has 2 saturated carbocycles. The van der Waals surface area contributed by atoms with Crippen molar-refractivity contribution in [2.24, 2.45) is 22.7 Å². The topological polar surface area (TPSA) is 127 Å². The molecule has 38 heavy (non-hydrogen) atoms. The van der Waals surface area contributed by atoms with Crippen LogP contribution in [0, 0.1) is 22.7 Å². The first-order chi connectivity index (χ1) is 18.1. The number of fused-ring (bicyclic) bond motifs is 1. The summed E-state index contributed by atoms with van der Waals surface area (Å²) in [4.78, 5) is 27.9. The van der Waals surface area contributed by atoms with Gasteiger partial charge in [-0.3, -0.25) is 10.1 Å². The largest absolute Gasteiger partial charge is 0.497 e. The number of rotatable bonds is 7. The third-order valence-corrected chi connectivity index (χ3v) is 9.28. The Morgan fingerprint density at radius 3 is 2.34 bits per heavy atom. The van der Waals surface area contributed by atoms with Crippen molar-refractivity contribution < 1.29 is 38.7 Å². The van der Waals surface area contributed by atoms with Crippen LogP contribution in [0.2, 0.25) is 0 Å². The molecule has 1 unspecified atom stereocenters. The Morgan fingerprint density at radius 2 is 1.74 bits per heavy atom. The zero-order chi connectivity index (χ0) is 27.5. The predicted octanol–water partition coefficient (Wildman–Crippen LogP) is 3.06. The fraction of sp³-hybridized carbons (Fsp3) is 0.714. The van der Waals surface area contributed by atoms with Crippen molar-refractivity contribution in [3.63, 3.8) is 0 Å². The number of ether oxygens (including phenoxy) is 4. The van der Waals surface area contributed by atoms with Crippen LogP contribution in [0.15, 0.2) is 18.2 Å². The van der Waals surface area contributed by atoms with E-state index in [0.29, 0.717) is 69.2 Å². The quantitative estimate of drug-likeness (QED) is 0.487. The maximum atomic E-state index is 13.1. The van der Waals surface area contributed by atoms with Crippen molar-refractivity contribution in [1.29, 1.82) is 0 Å². The predicted molar refractivity (Wildman–Crippen MR) is 140 cm³/mol. The number of benzene rings is 1. The van der Waals surface area contributed by atoms with E-state index in [1.165, 1.54) is 14.2 Å². The number of anilines is 1. The fourth-order valence-corrected chi connectivity index (χ4v) is 7.07. The van der Waals surface area contributed by atoms with Gasteiger partial charge in [0.25, 0.3) is 0 Å². The van der Waals surface area contributed by atoms with E-state index in [4.69, 9.17) is 18.9 Å². The molecule has 3 N–H and O–H groups in total. The molecule has 1 aliphatic heterocycles. The molecule has 1 saturated heterocycles. The molecule has 0 spiro atoms. The van der Waals surface area contributed by atoms with Gasteiger partial charge in [0.1, 0.15) is 17.6 Å². The average molecular weight is 535 g/mol. The van der Waals surface area contributed by atoms with Gasteiger partial charge in [-0.25, -0.2) is 4.79 Å². The van der Waals surface area contributed by atoms with Gasteiger partial charge >= 0.3 is 6.09 Å². The van der Waals surface area contributed by atoms with E-state index in [1.807, 2.05) is 11.8 Å². The smallest absolute Gasteiger partial charge is 0.411 e. The summed E-state index contributed by atoms with van der Waals surface area (Å²) in [5.74, 6) is 0.839. The van der Waals surface area contributed by atoms with E-state index < -0.39 is 23.7 Å². The Morgan fingerprint density at radius 1 is 1.08 bits per heavy atom. The van der Waals surface area contributed by atoms with E-state index in [0.717, 1.165) is 0 Å². The van der Waals surface area contributed by atoms with Crippen molar-refractivity contribution in [2.45, 2.75) is 58.2 Å². The third kappa shape index (κ3) is 5.58. The number of methoxy groups -OCH3 is 2. The molecular formula is C28H42N2O8. The van der Waals surface area contributed by atoms with Crippen LogP contribution in [0.5, 0.6) is 11.5 Å². The van der Waals surface area contributed by atoms with E-state index >= 15 is 0 Å². The van der Waals surface area contributed by atoms with Gasteiger partial charge in [-0.2, -0.15) is 0 Å². The standard InChI is InChI=1S/C28H42N2O8/c1-27-8-7-24(38-26(34)29-18-13-19(35-3)15-20(14-18)36-4)28(2,17-31)23(27)6-5-22(32)21(27)16-25(33)30-9-11-37-12-10-30/h13-15,21-24,31-32H,5-12,16-17H2,1-4H3,(H,29,34)/t21-,22-,23?,24-,27+,28+/m1/s1. The minimum atomic E-state index is -0.725. The van der Waals surface area contributed by atoms with Crippen LogP contribution in [-0.4, -0.2) is 86.5 Å². The monoisotopic (exact) mass is 534 g/mol. The minimum Gasteiger partial charge on any atom is -0.497 e. The molecule has 1 aromatic rings. The number of carbonyl (C=O) groups excluding carboxylic acids is 2. The molecule has 0 bridgehead atoms. The second-order valence-corrected chi connectivity index (χ2v) is 11.3. The molecule has 2 aliphatic carbocycles. The van der Waals surface area contributed by atoms with Crippen LogP contribution in [-0.2, 0) is 14.3 Å². The number of nitrogens with zero attached hydrogens (tertiary/aromatic N) is 1. The van der Waals surface area contributed by atoms with Crippen LogP contribution < -0.4 is 14.8 Å². The maximum absolute atomic E-state index is 13.1. The lowest BCUT2D eigenvalue weighted by Crippen LogP contribution is -2.61. The molecule has 4 rings (SSSR count). The molecule has 3 aliphatic rings. The number of morpholine rings is 1. The molecule has 3 fully saturated rings. The summed E-state index contributed by atoms with van der Waals surface area (Å²) in [7, 11) is 3.07. The first-order valence-electron chi connectivity index (χ1n) is 13.5. The Balaban J connectivity index is 1.49. The molecule has 1 heterocycles. The lowest BCUT2D eigenvalue weighted by molar-refractivity contribution is -0.187. The van der Waals surface area contributed by atoms with Crippen molar-refractivity contribution in [3.8, 4) is 11.5 Å². The molecule has 6 atom stereocenters.